The molecule has 0 amide bonds. The van der Waals surface area contributed by atoms with Gasteiger partial charge in [0.15, 0.2) is 5.82 Å². The summed E-state index contributed by atoms with van der Waals surface area (Å²) in [4.78, 5) is 8.75. The number of aromatic nitrogens is 4. The van der Waals surface area contributed by atoms with Crippen LogP contribution in [-0.4, -0.2) is 19.7 Å². The molecule has 0 saturated carbocycles. The van der Waals surface area contributed by atoms with E-state index in [1.54, 1.807) is 4.68 Å². The molecule has 96 valence electrons. The summed E-state index contributed by atoms with van der Waals surface area (Å²) in [5.41, 5.74) is 6.74. The van der Waals surface area contributed by atoms with Gasteiger partial charge in [0.05, 0.1) is 0 Å². The highest BCUT2D eigenvalue weighted by Gasteiger charge is 2.09. The van der Waals surface area contributed by atoms with Crippen molar-refractivity contribution >= 4 is 17.5 Å². The maximum Gasteiger partial charge on any atom is 0.153 e. The first-order valence-corrected chi connectivity index (χ1v) is 5.99. The van der Waals surface area contributed by atoms with Crippen molar-refractivity contribution in [2.24, 2.45) is 7.05 Å². The Morgan fingerprint density at radius 3 is 2.78 bits per heavy atom. The van der Waals surface area contributed by atoms with E-state index in [2.05, 4.69) is 27.3 Å². The molecular formula is C12H18N6. The third-order valence-electron chi connectivity index (χ3n) is 2.66. The standard InChI is InChI=1S/C12H18N6/c1-4-5-9-14-11(13)8(2)12(15-9)16-10-6-7-18(3)17-10/h6-7H,4-5H2,1-3H3,(H3,13,14,15,16,17). The Labute approximate surface area is 106 Å². The summed E-state index contributed by atoms with van der Waals surface area (Å²) in [5.74, 6) is 2.76. The molecule has 18 heavy (non-hydrogen) atoms. The van der Waals surface area contributed by atoms with E-state index in [0.29, 0.717) is 5.82 Å². The van der Waals surface area contributed by atoms with Crippen LogP contribution in [0, 0.1) is 6.92 Å². The molecule has 0 fully saturated rings. The van der Waals surface area contributed by atoms with Gasteiger partial charge in [0.25, 0.3) is 0 Å². The normalized spacial score (nSPS) is 10.6. The van der Waals surface area contributed by atoms with Gasteiger partial charge in [-0.15, -0.1) is 0 Å². The zero-order valence-electron chi connectivity index (χ0n) is 10.9. The molecular weight excluding hydrogens is 228 g/mol. The summed E-state index contributed by atoms with van der Waals surface area (Å²) in [7, 11) is 1.87. The summed E-state index contributed by atoms with van der Waals surface area (Å²) >= 11 is 0. The minimum Gasteiger partial charge on any atom is -0.383 e. The summed E-state index contributed by atoms with van der Waals surface area (Å²) < 4.78 is 1.73. The molecule has 6 heteroatoms. The largest absolute Gasteiger partial charge is 0.383 e. The van der Waals surface area contributed by atoms with E-state index in [9.17, 15) is 0 Å². The van der Waals surface area contributed by atoms with Crippen molar-refractivity contribution in [1.29, 1.82) is 0 Å². The Morgan fingerprint density at radius 2 is 2.17 bits per heavy atom. The van der Waals surface area contributed by atoms with Crippen molar-refractivity contribution in [2.45, 2.75) is 26.7 Å². The molecule has 0 spiro atoms. The van der Waals surface area contributed by atoms with Gasteiger partial charge in [-0.25, -0.2) is 9.97 Å². The van der Waals surface area contributed by atoms with Crippen molar-refractivity contribution < 1.29 is 0 Å². The fraction of sp³-hybridized carbons (Fsp3) is 0.417. The highest BCUT2D eigenvalue weighted by Crippen LogP contribution is 2.21. The topological polar surface area (TPSA) is 81.6 Å². The van der Waals surface area contributed by atoms with Crippen molar-refractivity contribution in [1.82, 2.24) is 19.7 Å². The van der Waals surface area contributed by atoms with E-state index in [4.69, 9.17) is 5.73 Å². The molecule has 0 aliphatic carbocycles. The van der Waals surface area contributed by atoms with Gasteiger partial charge in [0, 0.05) is 31.3 Å². The highest BCUT2D eigenvalue weighted by molar-refractivity contribution is 5.61. The van der Waals surface area contributed by atoms with Gasteiger partial charge in [-0.3, -0.25) is 4.68 Å². The van der Waals surface area contributed by atoms with Gasteiger partial charge in [0.1, 0.15) is 17.5 Å². The average Bonchev–Trinajstić information content (AvgIpc) is 2.71. The quantitative estimate of drug-likeness (QED) is 0.859. The van der Waals surface area contributed by atoms with E-state index in [-0.39, 0.29) is 0 Å². The number of nitrogen functional groups attached to an aromatic ring is 1. The summed E-state index contributed by atoms with van der Waals surface area (Å²) in [5, 5.41) is 7.43. The Morgan fingerprint density at radius 1 is 1.39 bits per heavy atom. The fourth-order valence-electron chi connectivity index (χ4n) is 1.64. The second-order valence-electron chi connectivity index (χ2n) is 4.25. The molecule has 0 aliphatic rings. The smallest absolute Gasteiger partial charge is 0.153 e. The minimum absolute atomic E-state index is 0.520. The lowest BCUT2D eigenvalue weighted by atomic mass is 10.2. The molecule has 2 rings (SSSR count). The number of rotatable bonds is 4. The number of nitrogens with two attached hydrogens (primary N) is 1. The minimum atomic E-state index is 0.520. The van der Waals surface area contributed by atoms with Crippen LogP contribution in [0.4, 0.5) is 17.5 Å². The van der Waals surface area contributed by atoms with Crippen LogP contribution in [0.5, 0.6) is 0 Å². The van der Waals surface area contributed by atoms with Gasteiger partial charge in [-0.1, -0.05) is 6.92 Å². The number of anilines is 3. The molecule has 2 heterocycles. The second-order valence-corrected chi connectivity index (χ2v) is 4.25. The average molecular weight is 246 g/mol. The van der Waals surface area contributed by atoms with Crippen LogP contribution in [-0.2, 0) is 13.5 Å². The molecule has 0 bridgehead atoms. The molecule has 2 aromatic rings. The lowest BCUT2D eigenvalue weighted by molar-refractivity contribution is 0.770. The Hall–Kier alpha value is -2.11. The van der Waals surface area contributed by atoms with Crippen LogP contribution >= 0.6 is 0 Å². The number of hydrogen-bond donors (Lipinski definition) is 2. The molecule has 0 aromatic carbocycles. The monoisotopic (exact) mass is 246 g/mol. The molecule has 0 radical (unpaired) electrons. The van der Waals surface area contributed by atoms with E-state index in [0.717, 1.165) is 35.9 Å². The summed E-state index contributed by atoms with van der Waals surface area (Å²) in [6.45, 7) is 3.99. The third kappa shape index (κ3) is 2.58. The first-order chi connectivity index (χ1) is 8.60. The summed E-state index contributed by atoms with van der Waals surface area (Å²) in [6, 6.07) is 1.89. The number of nitrogens with one attached hydrogen (secondary N) is 1. The van der Waals surface area contributed by atoms with Crippen molar-refractivity contribution in [3.8, 4) is 0 Å². The second kappa shape index (κ2) is 5.03. The predicted octanol–water partition coefficient (Wildman–Crippen LogP) is 1.80. The van der Waals surface area contributed by atoms with Crippen molar-refractivity contribution in [3.05, 3.63) is 23.7 Å². The van der Waals surface area contributed by atoms with Crippen molar-refractivity contribution in [3.63, 3.8) is 0 Å². The SMILES string of the molecule is CCCc1nc(N)c(C)c(Nc2ccn(C)n2)n1. The maximum atomic E-state index is 5.89. The van der Waals surface area contributed by atoms with Crippen LogP contribution in [0.25, 0.3) is 0 Å². The van der Waals surface area contributed by atoms with Gasteiger partial charge in [0.2, 0.25) is 0 Å². The Kier molecular flexibility index (Phi) is 3.45. The van der Waals surface area contributed by atoms with Gasteiger partial charge < -0.3 is 11.1 Å². The van der Waals surface area contributed by atoms with Crippen LogP contribution in [0.2, 0.25) is 0 Å². The zero-order valence-corrected chi connectivity index (χ0v) is 10.9. The van der Waals surface area contributed by atoms with E-state index >= 15 is 0 Å². The number of hydrogen-bond acceptors (Lipinski definition) is 5. The molecule has 2 aromatic heterocycles. The van der Waals surface area contributed by atoms with E-state index in [1.807, 2.05) is 26.2 Å². The van der Waals surface area contributed by atoms with Gasteiger partial charge >= 0.3 is 0 Å². The molecule has 3 N–H and O–H groups in total. The Bertz CT molecular complexity index is 545. The molecule has 0 aliphatic heterocycles. The maximum absolute atomic E-state index is 5.89. The van der Waals surface area contributed by atoms with E-state index < -0.39 is 0 Å². The summed E-state index contributed by atoms with van der Waals surface area (Å²) in [6.07, 6.45) is 3.68. The lowest BCUT2D eigenvalue weighted by Crippen LogP contribution is -2.07. The number of nitrogens with zero attached hydrogens (tertiary/aromatic N) is 4. The predicted molar refractivity (Wildman–Crippen MR) is 71.7 cm³/mol. The van der Waals surface area contributed by atoms with Crippen LogP contribution < -0.4 is 11.1 Å². The molecule has 0 saturated heterocycles. The highest BCUT2D eigenvalue weighted by atomic mass is 15.3. The number of aryl methyl sites for hydroxylation is 2. The molecule has 0 unspecified atom stereocenters. The van der Waals surface area contributed by atoms with Crippen molar-refractivity contribution in [2.75, 3.05) is 11.1 Å². The van der Waals surface area contributed by atoms with Gasteiger partial charge in [-0.05, 0) is 13.3 Å². The fourth-order valence-corrected chi connectivity index (χ4v) is 1.64. The Balaban J connectivity index is 2.31. The zero-order chi connectivity index (χ0) is 13.1. The molecule has 6 nitrogen and oxygen atoms in total. The van der Waals surface area contributed by atoms with Gasteiger partial charge in [-0.2, -0.15) is 5.10 Å². The lowest BCUT2D eigenvalue weighted by Gasteiger charge is -2.10. The first kappa shape index (κ1) is 12.3. The third-order valence-corrected chi connectivity index (χ3v) is 2.66. The van der Waals surface area contributed by atoms with Crippen LogP contribution in [0.1, 0.15) is 24.7 Å². The first-order valence-electron chi connectivity index (χ1n) is 5.99. The molecule has 0 atom stereocenters. The van der Waals surface area contributed by atoms with Crippen LogP contribution in [0.3, 0.4) is 0 Å². The van der Waals surface area contributed by atoms with E-state index in [1.165, 1.54) is 0 Å². The van der Waals surface area contributed by atoms with Crippen LogP contribution in [0.15, 0.2) is 12.3 Å².